The van der Waals surface area contributed by atoms with E-state index in [2.05, 4.69) is 5.48 Å². The first-order chi connectivity index (χ1) is 11.7. The summed E-state index contributed by atoms with van der Waals surface area (Å²) in [7, 11) is 0. The molecule has 0 aromatic heterocycles. The van der Waals surface area contributed by atoms with Gasteiger partial charge in [-0.15, -0.1) is 0 Å². The number of likely N-dealkylation sites (tertiary alicyclic amines) is 1. The summed E-state index contributed by atoms with van der Waals surface area (Å²) in [6, 6.07) is 19.3. The summed E-state index contributed by atoms with van der Waals surface area (Å²) < 4.78 is 0. The highest BCUT2D eigenvalue weighted by atomic mass is 16.6. The topological polar surface area (TPSA) is 58.6 Å². The van der Waals surface area contributed by atoms with Gasteiger partial charge in [-0.05, 0) is 17.5 Å². The Morgan fingerprint density at radius 2 is 1.67 bits per heavy atom. The van der Waals surface area contributed by atoms with Crippen LogP contribution in [0.15, 0.2) is 60.7 Å². The predicted octanol–water partition coefficient (Wildman–Crippen LogP) is 2.28. The summed E-state index contributed by atoms with van der Waals surface area (Å²) in [6.07, 6.45) is 0.520. The van der Waals surface area contributed by atoms with Crippen molar-refractivity contribution < 1.29 is 14.4 Å². The summed E-state index contributed by atoms with van der Waals surface area (Å²) in [6.45, 7) is 1.40. The lowest BCUT2D eigenvalue weighted by Gasteiger charge is -2.16. The van der Waals surface area contributed by atoms with Crippen LogP contribution in [-0.4, -0.2) is 23.3 Å². The highest BCUT2D eigenvalue weighted by Gasteiger charge is 2.36. The third-order valence-electron chi connectivity index (χ3n) is 4.08. The highest BCUT2D eigenvalue weighted by molar-refractivity contribution is 6.01. The third-order valence-corrected chi connectivity index (χ3v) is 4.08. The Kier molecular flexibility index (Phi) is 5.23. The van der Waals surface area contributed by atoms with Crippen LogP contribution in [-0.2, 0) is 27.6 Å². The zero-order valence-corrected chi connectivity index (χ0v) is 13.4. The maximum atomic E-state index is 12.4. The number of hydrogen-bond acceptors (Lipinski definition) is 3. The summed E-state index contributed by atoms with van der Waals surface area (Å²) in [5.41, 5.74) is 4.42. The molecule has 1 atom stereocenters. The summed E-state index contributed by atoms with van der Waals surface area (Å²) in [4.78, 5) is 31.5. The van der Waals surface area contributed by atoms with E-state index in [1.165, 1.54) is 0 Å². The van der Waals surface area contributed by atoms with Crippen molar-refractivity contribution in [2.24, 2.45) is 5.92 Å². The van der Waals surface area contributed by atoms with Crippen LogP contribution >= 0.6 is 0 Å². The lowest BCUT2D eigenvalue weighted by atomic mass is 10.1. The largest absolute Gasteiger partial charge is 0.338 e. The molecular formula is C19H20N2O3. The molecule has 124 valence electrons. The number of amides is 2. The lowest BCUT2D eigenvalue weighted by molar-refractivity contribution is -0.145. The Hall–Kier alpha value is -2.66. The Balaban J connectivity index is 1.48. The second-order valence-corrected chi connectivity index (χ2v) is 5.83. The molecule has 1 saturated heterocycles. The molecule has 5 nitrogen and oxygen atoms in total. The molecule has 1 heterocycles. The van der Waals surface area contributed by atoms with Crippen molar-refractivity contribution in [1.82, 2.24) is 10.4 Å². The van der Waals surface area contributed by atoms with Crippen molar-refractivity contribution in [3.63, 3.8) is 0 Å². The molecule has 5 heteroatoms. The quantitative estimate of drug-likeness (QED) is 0.655. The molecule has 24 heavy (non-hydrogen) atoms. The zero-order valence-electron chi connectivity index (χ0n) is 13.4. The van der Waals surface area contributed by atoms with Crippen LogP contribution in [0.4, 0.5) is 0 Å². The Labute approximate surface area is 141 Å². The minimum Gasteiger partial charge on any atom is -0.338 e. The number of hydroxylamine groups is 1. The molecule has 0 bridgehead atoms. The van der Waals surface area contributed by atoms with E-state index in [0.717, 1.165) is 11.1 Å². The Morgan fingerprint density at radius 1 is 1.04 bits per heavy atom. The summed E-state index contributed by atoms with van der Waals surface area (Å²) in [5, 5.41) is 0. The van der Waals surface area contributed by atoms with E-state index in [1.54, 1.807) is 4.90 Å². The van der Waals surface area contributed by atoms with E-state index in [0.29, 0.717) is 19.5 Å². The fourth-order valence-corrected chi connectivity index (χ4v) is 2.78. The normalized spacial score (nSPS) is 17.1. The number of hydrogen-bond donors (Lipinski definition) is 1. The number of rotatable bonds is 6. The molecule has 0 radical (unpaired) electrons. The lowest BCUT2D eigenvalue weighted by Crippen LogP contribution is -2.36. The predicted molar refractivity (Wildman–Crippen MR) is 89.3 cm³/mol. The number of carbonyl (C=O) groups excluding carboxylic acids is 2. The second kappa shape index (κ2) is 7.75. The first-order valence-electron chi connectivity index (χ1n) is 8.02. The summed E-state index contributed by atoms with van der Waals surface area (Å²) in [5.74, 6) is -1.17. The van der Waals surface area contributed by atoms with Gasteiger partial charge in [-0.2, -0.15) is 0 Å². The molecule has 1 unspecified atom stereocenters. The van der Waals surface area contributed by atoms with Gasteiger partial charge in [0.1, 0.15) is 5.92 Å². The van der Waals surface area contributed by atoms with Crippen molar-refractivity contribution in [3.8, 4) is 0 Å². The molecule has 2 aromatic rings. The van der Waals surface area contributed by atoms with Crippen LogP contribution < -0.4 is 5.48 Å². The number of carbonyl (C=O) groups is 2. The summed E-state index contributed by atoms with van der Waals surface area (Å²) >= 11 is 0. The number of benzene rings is 2. The maximum Gasteiger partial charge on any atom is 0.256 e. The number of nitrogens with one attached hydrogen (secondary N) is 1. The van der Waals surface area contributed by atoms with E-state index in [4.69, 9.17) is 4.84 Å². The molecule has 1 fully saturated rings. The molecule has 0 saturated carbocycles. The molecule has 1 aliphatic rings. The van der Waals surface area contributed by atoms with E-state index in [-0.39, 0.29) is 18.4 Å². The van der Waals surface area contributed by atoms with Gasteiger partial charge in [0.25, 0.3) is 5.91 Å². The van der Waals surface area contributed by atoms with E-state index < -0.39 is 5.92 Å². The zero-order chi connectivity index (χ0) is 16.8. The SMILES string of the molecule is O=C(NOCc1ccccc1)C1CCN(Cc2ccccc2)C1=O. The molecule has 0 aliphatic carbocycles. The van der Waals surface area contributed by atoms with Crippen molar-refractivity contribution in [3.05, 3.63) is 71.8 Å². The Bertz CT molecular complexity index is 688. The first kappa shape index (κ1) is 16.2. The van der Waals surface area contributed by atoms with Gasteiger partial charge >= 0.3 is 0 Å². The van der Waals surface area contributed by atoms with Gasteiger partial charge in [-0.25, -0.2) is 5.48 Å². The van der Waals surface area contributed by atoms with Gasteiger partial charge in [0.15, 0.2) is 0 Å². The first-order valence-corrected chi connectivity index (χ1v) is 8.02. The van der Waals surface area contributed by atoms with E-state index in [1.807, 2.05) is 60.7 Å². The molecule has 2 aromatic carbocycles. The van der Waals surface area contributed by atoms with Gasteiger partial charge in [0, 0.05) is 13.1 Å². The van der Waals surface area contributed by atoms with Crippen LogP contribution in [0, 0.1) is 5.92 Å². The van der Waals surface area contributed by atoms with Gasteiger partial charge in [-0.1, -0.05) is 60.7 Å². The van der Waals surface area contributed by atoms with Crippen molar-refractivity contribution >= 4 is 11.8 Å². The monoisotopic (exact) mass is 324 g/mol. The second-order valence-electron chi connectivity index (χ2n) is 5.83. The molecular weight excluding hydrogens is 304 g/mol. The average Bonchev–Trinajstić information content (AvgIpc) is 2.97. The van der Waals surface area contributed by atoms with Crippen molar-refractivity contribution in [2.45, 2.75) is 19.6 Å². The third kappa shape index (κ3) is 4.00. The smallest absolute Gasteiger partial charge is 0.256 e. The van der Waals surface area contributed by atoms with Crippen molar-refractivity contribution in [2.75, 3.05) is 6.54 Å². The Morgan fingerprint density at radius 3 is 2.33 bits per heavy atom. The van der Waals surface area contributed by atoms with Crippen LogP contribution in [0.2, 0.25) is 0 Å². The van der Waals surface area contributed by atoms with Gasteiger partial charge < -0.3 is 4.90 Å². The molecule has 1 aliphatic heterocycles. The van der Waals surface area contributed by atoms with Gasteiger partial charge in [-0.3, -0.25) is 14.4 Å². The van der Waals surface area contributed by atoms with Gasteiger partial charge in [0.05, 0.1) is 6.61 Å². The molecule has 2 amide bonds. The van der Waals surface area contributed by atoms with E-state index in [9.17, 15) is 9.59 Å². The van der Waals surface area contributed by atoms with E-state index >= 15 is 0 Å². The molecule has 3 rings (SSSR count). The number of nitrogens with zero attached hydrogens (tertiary/aromatic N) is 1. The van der Waals surface area contributed by atoms with Crippen LogP contribution in [0.1, 0.15) is 17.5 Å². The average molecular weight is 324 g/mol. The fraction of sp³-hybridized carbons (Fsp3) is 0.263. The van der Waals surface area contributed by atoms with Crippen LogP contribution in [0.25, 0.3) is 0 Å². The minimum atomic E-state index is -0.663. The van der Waals surface area contributed by atoms with Gasteiger partial charge in [0.2, 0.25) is 5.91 Å². The fourth-order valence-electron chi connectivity index (χ4n) is 2.78. The maximum absolute atomic E-state index is 12.4. The van der Waals surface area contributed by atoms with Crippen LogP contribution in [0.3, 0.4) is 0 Å². The van der Waals surface area contributed by atoms with Crippen LogP contribution in [0.5, 0.6) is 0 Å². The van der Waals surface area contributed by atoms with Crippen molar-refractivity contribution in [1.29, 1.82) is 0 Å². The minimum absolute atomic E-state index is 0.139. The molecule has 0 spiro atoms. The molecule has 1 N–H and O–H groups in total. The standard InChI is InChI=1S/C19H20N2O3/c22-18(20-24-14-16-9-5-2-6-10-16)17-11-12-21(19(17)23)13-15-7-3-1-4-8-15/h1-10,17H,11-14H2,(H,20,22). The highest BCUT2D eigenvalue weighted by Crippen LogP contribution is 2.20.